The van der Waals surface area contributed by atoms with E-state index < -0.39 is 0 Å². The van der Waals surface area contributed by atoms with Gasteiger partial charge in [0.15, 0.2) is 0 Å². The van der Waals surface area contributed by atoms with Crippen molar-refractivity contribution in [1.29, 1.82) is 0 Å². The van der Waals surface area contributed by atoms with E-state index >= 15 is 0 Å². The van der Waals surface area contributed by atoms with Crippen molar-refractivity contribution in [2.75, 3.05) is 20.1 Å². The van der Waals surface area contributed by atoms with Crippen LogP contribution < -0.4 is 5.32 Å². The number of piperidine rings is 1. The zero-order valence-corrected chi connectivity index (χ0v) is 12.0. The molecule has 17 heavy (non-hydrogen) atoms. The fourth-order valence-corrected chi connectivity index (χ4v) is 3.51. The monoisotopic (exact) mass is 238 g/mol. The maximum atomic E-state index is 3.60. The molecule has 0 aromatic heterocycles. The van der Waals surface area contributed by atoms with Crippen molar-refractivity contribution in [3.05, 3.63) is 0 Å². The number of nitrogens with zero attached hydrogens (tertiary/aromatic N) is 1. The van der Waals surface area contributed by atoms with Crippen molar-refractivity contribution in [3.8, 4) is 0 Å². The summed E-state index contributed by atoms with van der Waals surface area (Å²) in [6.07, 6.45) is 9.99. The van der Waals surface area contributed by atoms with E-state index in [1.54, 1.807) is 0 Å². The highest BCUT2D eigenvalue weighted by molar-refractivity contribution is 4.95. The van der Waals surface area contributed by atoms with Crippen LogP contribution in [0.4, 0.5) is 0 Å². The predicted molar refractivity (Wildman–Crippen MR) is 74.3 cm³/mol. The number of likely N-dealkylation sites (N-methyl/N-ethyl adjacent to an activating group) is 1. The second kappa shape index (κ2) is 5.71. The van der Waals surface area contributed by atoms with Crippen molar-refractivity contribution in [1.82, 2.24) is 10.2 Å². The van der Waals surface area contributed by atoms with Gasteiger partial charge in [0.25, 0.3) is 0 Å². The highest BCUT2D eigenvalue weighted by Gasteiger charge is 2.37. The second-order valence-electron chi connectivity index (χ2n) is 6.58. The highest BCUT2D eigenvalue weighted by Crippen LogP contribution is 2.34. The Balaban J connectivity index is 1.93. The van der Waals surface area contributed by atoms with Crippen LogP contribution in [-0.2, 0) is 0 Å². The van der Waals surface area contributed by atoms with Gasteiger partial charge in [-0.1, -0.05) is 25.7 Å². The largest absolute Gasteiger partial charge is 0.315 e. The molecule has 0 radical (unpaired) electrons. The van der Waals surface area contributed by atoms with E-state index in [-0.39, 0.29) is 0 Å². The Morgan fingerprint density at radius 2 is 1.76 bits per heavy atom. The third kappa shape index (κ3) is 3.03. The first-order valence-electron chi connectivity index (χ1n) is 7.57. The third-order valence-electron chi connectivity index (χ3n) is 5.17. The van der Waals surface area contributed by atoms with Gasteiger partial charge in [0.05, 0.1) is 0 Å². The first-order chi connectivity index (χ1) is 8.14. The van der Waals surface area contributed by atoms with Gasteiger partial charge in [-0.15, -0.1) is 0 Å². The predicted octanol–water partition coefficient (Wildman–Crippen LogP) is 3.03. The van der Waals surface area contributed by atoms with Crippen LogP contribution in [0, 0.1) is 5.92 Å². The fourth-order valence-electron chi connectivity index (χ4n) is 3.51. The Hall–Kier alpha value is -0.0800. The molecule has 1 saturated carbocycles. The lowest BCUT2D eigenvalue weighted by Crippen LogP contribution is -2.59. The fraction of sp³-hybridized carbons (Fsp3) is 1.00. The minimum Gasteiger partial charge on any atom is -0.315 e. The van der Waals surface area contributed by atoms with Gasteiger partial charge in [-0.25, -0.2) is 0 Å². The summed E-state index contributed by atoms with van der Waals surface area (Å²) in [7, 11) is 2.15. The summed E-state index contributed by atoms with van der Waals surface area (Å²) < 4.78 is 0. The molecule has 0 spiro atoms. The maximum absolute atomic E-state index is 3.60. The molecule has 1 saturated heterocycles. The van der Waals surface area contributed by atoms with Crippen molar-refractivity contribution in [3.63, 3.8) is 0 Å². The topological polar surface area (TPSA) is 15.3 Å². The van der Waals surface area contributed by atoms with E-state index in [4.69, 9.17) is 0 Å². The number of likely N-dealkylation sites (tertiary alicyclic amines) is 1. The Kier molecular flexibility index (Phi) is 4.48. The van der Waals surface area contributed by atoms with Gasteiger partial charge in [-0.05, 0) is 59.2 Å². The summed E-state index contributed by atoms with van der Waals surface area (Å²) >= 11 is 0. The SMILES string of the molecule is CNC(CC1CCC1)C(C)(C)N1CCCCC1. The Morgan fingerprint density at radius 1 is 1.12 bits per heavy atom. The van der Waals surface area contributed by atoms with Crippen molar-refractivity contribution >= 4 is 0 Å². The third-order valence-corrected chi connectivity index (χ3v) is 5.17. The number of rotatable bonds is 5. The van der Waals surface area contributed by atoms with Crippen molar-refractivity contribution < 1.29 is 0 Å². The molecule has 0 bridgehead atoms. The molecule has 1 unspecified atom stereocenters. The number of hydrogen-bond acceptors (Lipinski definition) is 2. The Bertz CT molecular complexity index is 227. The van der Waals surface area contributed by atoms with Crippen LogP contribution in [0.1, 0.15) is 58.8 Å². The summed E-state index contributed by atoms with van der Waals surface area (Å²) in [5.74, 6) is 0.997. The van der Waals surface area contributed by atoms with Gasteiger partial charge in [-0.2, -0.15) is 0 Å². The quantitative estimate of drug-likeness (QED) is 0.792. The van der Waals surface area contributed by atoms with Gasteiger partial charge >= 0.3 is 0 Å². The zero-order valence-electron chi connectivity index (χ0n) is 12.0. The standard InChI is InChI=1S/C15H30N2/c1-15(2,17-10-5-4-6-11-17)14(16-3)12-13-8-7-9-13/h13-14,16H,4-12H2,1-3H3. The first-order valence-corrected chi connectivity index (χ1v) is 7.57. The molecule has 1 N–H and O–H groups in total. The van der Waals surface area contributed by atoms with E-state index in [1.165, 1.54) is 58.0 Å². The molecule has 1 aliphatic heterocycles. The molecule has 2 rings (SSSR count). The van der Waals surface area contributed by atoms with Crippen LogP contribution in [0.15, 0.2) is 0 Å². The molecule has 1 heterocycles. The molecule has 0 aromatic rings. The normalized spacial score (nSPS) is 25.6. The zero-order chi connectivity index (χ0) is 12.3. The van der Waals surface area contributed by atoms with Crippen molar-refractivity contribution in [2.45, 2.75) is 70.4 Å². The molecule has 2 nitrogen and oxygen atoms in total. The molecule has 1 atom stereocenters. The summed E-state index contributed by atoms with van der Waals surface area (Å²) in [6, 6.07) is 0.658. The van der Waals surface area contributed by atoms with Crippen molar-refractivity contribution in [2.24, 2.45) is 5.92 Å². The van der Waals surface area contributed by atoms with E-state index in [1.807, 2.05) is 0 Å². The number of hydrogen-bond donors (Lipinski definition) is 1. The summed E-state index contributed by atoms with van der Waals surface area (Å²) in [6.45, 7) is 7.49. The van der Waals surface area contributed by atoms with Crippen LogP contribution in [0.25, 0.3) is 0 Å². The molecule has 2 aliphatic rings. The van der Waals surface area contributed by atoms with E-state index in [0.717, 1.165) is 5.92 Å². The molecule has 0 aromatic carbocycles. The summed E-state index contributed by atoms with van der Waals surface area (Å²) in [5.41, 5.74) is 0.324. The van der Waals surface area contributed by atoms with Gasteiger partial charge in [0.1, 0.15) is 0 Å². The van der Waals surface area contributed by atoms with E-state index in [0.29, 0.717) is 11.6 Å². The van der Waals surface area contributed by atoms with Crippen LogP contribution in [-0.4, -0.2) is 36.6 Å². The van der Waals surface area contributed by atoms with Gasteiger partial charge < -0.3 is 5.32 Å². The smallest absolute Gasteiger partial charge is 0.0306 e. The van der Waals surface area contributed by atoms with Crippen LogP contribution in [0.2, 0.25) is 0 Å². The van der Waals surface area contributed by atoms with E-state index in [9.17, 15) is 0 Å². The molecule has 100 valence electrons. The maximum Gasteiger partial charge on any atom is 0.0306 e. The van der Waals surface area contributed by atoms with Gasteiger partial charge in [0, 0.05) is 11.6 Å². The lowest BCUT2D eigenvalue weighted by atomic mass is 9.76. The van der Waals surface area contributed by atoms with Crippen LogP contribution >= 0.6 is 0 Å². The lowest BCUT2D eigenvalue weighted by Gasteiger charge is -2.47. The Labute approximate surface area is 107 Å². The molecule has 2 fully saturated rings. The summed E-state index contributed by atoms with van der Waals surface area (Å²) in [4.78, 5) is 2.72. The highest BCUT2D eigenvalue weighted by atomic mass is 15.2. The average molecular weight is 238 g/mol. The van der Waals surface area contributed by atoms with Crippen LogP contribution in [0.5, 0.6) is 0 Å². The second-order valence-corrected chi connectivity index (χ2v) is 6.58. The minimum absolute atomic E-state index is 0.324. The average Bonchev–Trinajstić information content (AvgIpc) is 2.28. The molecule has 0 amide bonds. The van der Waals surface area contributed by atoms with E-state index in [2.05, 4.69) is 31.1 Å². The molecule has 2 heteroatoms. The number of nitrogens with one attached hydrogen (secondary N) is 1. The molecule has 1 aliphatic carbocycles. The van der Waals surface area contributed by atoms with Gasteiger partial charge in [-0.3, -0.25) is 4.90 Å². The first kappa shape index (κ1) is 13.4. The minimum atomic E-state index is 0.324. The lowest BCUT2D eigenvalue weighted by molar-refractivity contribution is 0.0495. The summed E-state index contributed by atoms with van der Waals surface area (Å²) in [5, 5.41) is 3.60. The molecular weight excluding hydrogens is 208 g/mol. The van der Waals surface area contributed by atoms with Gasteiger partial charge in [0.2, 0.25) is 0 Å². The van der Waals surface area contributed by atoms with Crippen LogP contribution in [0.3, 0.4) is 0 Å². The molecular formula is C15H30N2. The Morgan fingerprint density at radius 3 is 2.24 bits per heavy atom.